The minimum Gasteiger partial charge on any atom is -0.387 e. The quantitative estimate of drug-likeness (QED) is 0.747. The Kier molecular flexibility index (Phi) is 5.66. The number of halogens is 3. The number of aliphatic hydroxyl groups excluding tert-OH is 1. The van der Waals surface area contributed by atoms with Gasteiger partial charge in [0.25, 0.3) is 0 Å². The first kappa shape index (κ1) is 18.5. The van der Waals surface area contributed by atoms with E-state index < -0.39 is 17.8 Å². The molecule has 0 aliphatic heterocycles. The third-order valence-corrected chi connectivity index (χ3v) is 4.20. The number of aryl methyl sites for hydroxylation is 1. The number of benzene rings is 1. The van der Waals surface area contributed by atoms with Crippen LogP contribution in [0.25, 0.3) is 0 Å². The summed E-state index contributed by atoms with van der Waals surface area (Å²) in [4.78, 5) is 0. The van der Waals surface area contributed by atoms with Gasteiger partial charge in [-0.2, -0.15) is 18.3 Å². The van der Waals surface area contributed by atoms with Crippen LogP contribution in [0.3, 0.4) is 0 Å². The van der Waals surface area contributed by atoms with Crippen LogP contribution in [-0.2, 0) is 6.18 Å². The number of hydrogen-bond acceptors (Lipinski definition) is 3. The van der Waals surface area contributed by atoms with Crippen molar-refractivity contribution >= 4 is 0 Å². The summed E-state index contributed by atoms with van der Waals surface area (Å²) in [5.74, 6) is 0. The zero-order valence-electron chi connectivity index (χ0n) is 13.9. The van der Waals surface area contributed by atoms with Gasteiger partial charge in [0, 0.05) is 23.3 Å². The first-order valence-corrected chi connectivity index (χ1v) is 7.85. The van der Waals surface area contributed by atoms with Crippen LogP contribution in [0, 0.1) is 6.92 Å². The number of aromatic nitrogens is 2. The van der Waals surface area contributed by atoms with E-state index in [0.717, 1.165) is 23.4 Å². The Morgan fingerprint density at radius 3 is 2.33 bits per heavy atom. The lowest BCUT2D eigenvalue weighted by atomic mass is 9.97. The molecule has 1 aromatic heterocycles. The summed E-state index contributed by atoms with van der Waals surface area (Å²) in [7, 11) is 0. The van der Waals surface area contributed by atoms with E-state index in [-0.39, 0.29) is 12.1 Å². The third kappa shape index (κ3) is 4.15. The summed E-state index contributed by atoms with van der Waals surface area (Å²) in [5, 5.41) is 20.7. The summed E-state index contributed by atoms with van der Waals surface area (Å²) in [6.45, 7) is 5.79. The lowest BCUT2D eigenvalue weighted by Crippen LogP contribution is -2.36. The largest absolute Gasteiger partial charge is 0.416 e. The van der Waals surface area contributed by atoms with E-state index >= 15 is 0 Å². The second kappa shape index (κ2) is 7.36. The second-order valence-corrected chi connectivity index (χ2v) is 5.92. The minimum atomic E-state index is -4.38. The molecule has 0 saturated carbocycles. The van der Waals surface area contributed by atoms with Gasteiger partial charge in [0.2, 0.25) is 0 Å². The molecule has 2 rings (SSSR count). The maximum Gasteiger partial charge on any atom is 0.416 e. The predicted molar refractivity (Wildman–Crippen MR) is 85.4 cm³/mol. The van der Waals surface area contributed by atoms with Crippen molar-refractivity contribution in [3.05, 3.63) is 52.8 Å². The summed E-state index contributed by atoms with van der Waals surface area (Å²) in [6.07, 6.45) is -2.92. The van der Waals surface area contributed by atoms with E-state index in [0.29, 0.717) is 12.0 Å². The number of aliphatic hydroxyl groups is 1. The number of nitrogens with zero attached hydrogens (tertiary/aromatic N) is 1. The SMILES string of the molecule is CCC(NC(C)c1cn[nH]c1C)C(O)c1ccc(C(F)(F)F)cc1. The molecule has 0 radical (unpaired) electrons. The molecule has 2 aromatic rings. The number of aromatic amines is 1. The topological polar surface area (TPSA) is 60.9 Å². The Morgan fingerprint density at radius 1 is 1.25 bits per heavy atom. The van der Waals surface area contributed by atoms with E-state index in [2.05, 4.69) is 15.5 Å². The Bertz CT molecular complexity index is 652. The Morgan fingerprint density at radius 2 is 1.88 bits per heavy atom. The molecule has 24 heavy (non-hydrogen) atoms. The Balaban J connectivity index is 2.11. The van der Waals surface area contributed by atoms with Crippen molar-refractivity contribution in [2.24, 2.45) is 0 Å². The molecule has 0 bridgehead atoms. The summed E-state index contributed by atoms with van der Waals surface area (Å²) in [5.41, 5.74) is 1.67. The normalized spacial score (nSPS) is 16.0. The van der Waals surface area contributed by atoms with Crippen LogP contribution < -0.4 is 5.32 Å². The molecule has 0 fully saturated rings. The van der Waals surface area contributed by atoms with E-state index in [1.54, 1.807) is 6.20 Å². The molecule has 4 nitrogen and oxygen atoms in total. The molecule has 0 spiro atoms. The molecule has 132 valence electrons. The minimum absolute atomic E-state index is 0.0437. The van der Waals surface area contributed by atoms with E-state index in [9.17, 15) is 18.3 Å². The molecule has 1 heterocycles. The highest BCUT2D eigenvalue weighted by Crippen LogP contribution is 2.31. The van der Waals surface area contributed by atoms with Crippen molar-refractivity contribution in [3.63, 3.8) is 0 Å². The maximum absolute atomic E-state index is 12.6. The fraction of sp³-hybridized carbons (Fsp3) is 0.471. The second-order valence-electron chi connectivity index (χ2n) is 5.92. The molecule has 0 aliphatic rings. The van der Waals surface area contributed by atoms with Crippen LogP contribution in [0.2, 0.25) is 0 Å². The van der Waals surface area contributed by atoms with E-state index in [4.69, 9.17) is 0 Å². The smallest absolute Gasteiger partial charge is 0.387 e. The lowest BCUT2D eigenvalue weighted by molar-refractivity contribution is -0.137. The molecule has 0 amide bonds. The number of nitrogens with one attached hydrogen (secondary N) is 2. The molecule has 7 heteroatoms. The van der Waals surface area contributed by atoms with Gasteiger partial charge in [-0.15, -0.1) is 0 Å². The number of H-pyrrole nitrogens is 1. The lowest BCUT2D eigenvalue weighted by Gasteiger charge is -2.27. The first-order chi connectivity index (χ1) is 11.2. The molecule has 3 N–H and O–H groups in total. The van der Waals surface area contributed by atoms with Gasteiger partial charge in [0.05, 0.1) is 17.9 Å². The first-order valence-electron chi connectivity index (χ1n) is 7.85. The van der Waals surface area contributed by atoms with Crippen molar-refractivity contribution in [2.45, 2.75) is 51.6 Å². The van der Waals surface area contributed by atoms with Crippen LogP contribution in [-0.4, -0.2) is 21.3 Å². The Labute approximate surface area is 139 Å². The molecule has 3 atom stereocenters. The predicted octanol–water partition coefficient (Wildman–Crippen LogP) is 3.90. The summed E-state index contributed by atoms with van der Waals surface area (Å²) < 4.78 is 37.9. The highest BCUT2D eigenvalue weighted by Gasteiger charge is 2.30. The van der Waals surface area contributed by atoms with Crippen molar-refractivity contribution in [1.82, 2.24) is 15.5 Å². The van der Waals surface area contributed by atoms with Crippen LogP contribution in [0.4, 0.5) is 13.2 Å². The van der Waals surface area contributed by atoms with E-state index in [1.165, 1.54) is 12.1 Å². The number of alkyl halides is 3. The summed E-state index contributed by atoms with van der Waals surface area (Å²) >= 11 is 0. The van der Waals surface area contributed by atoms with Gasteiger partial charge in [0.15, 0.2) is 0 Å². The van der Waals surface area contributed by atoms with Gasteiger partial charge in [-0.3, -0.25) is 5.10 Å². The van der Waals surface area contributed by atoms with Gasteiger partial charge in [-0.05, 0) is 38.0 Å². The molecule has 0 saturated heterocycles. The van der Waals surface area contributed by atoms with Crippen molar-refractivity contribution in [1.29, 1.82) is 0 Å². The van der Waals surface area contributed by atoms with Gasteiger partial charge in [0.1, 0.15) is 0 Å². The van der Waals surface area contributed by atoms with E-state index in [1.807, 2.05) is 20.8 Å². The van der Waals surface area contributed by atoms with Gasteiger partial charge < -0.3 is 10.4 Å². The zero-order valence-corrected chi connectivity index (χ0v) is 13.9. The van der Waals surface area contributed by atoms with Crippen molar-refractivity contribution < 1.29 is 18.3 Å². The Hall–Kier alpha value is -1.86. The molecule has 0 aliphatic carbocycles. The summed E-state index contributed by atoms with van der Waals surface area (Å²) in [6, 6.07) is 4.31. The van der Waals surface area contributed by atoms with Gasteiger partial charge in [-0.25, -0.2) is 0 Å². The van der Waals surface area contributed by atoms with Crippen LogP contribution >= 0.6 is 0 Å². The average molecular weight is 341 g/mol. The average Bonchev–Trinajstić information content (AvgIpc) is 2.97. The monoisotopic (exact) mass is 341 g/mol. The van der Waals surface area contributed by atoms with Crippen molar-refractivity contribution in [3.8, 4) is 0 Å². The number of hydrogen-bond donors (Lipinski definition) is 3. The molecular weight excluding hydrogens is 319 g/mol. The standard InChI is InChI=1S/C17H22F3N3O/c1-4-15(22-10(2)14-9-21-23-11(14)3)16(24)12-5-7-13(8-6-12)17(18,19)20/h5-10,15-16,22,24H,4H2,1-3H3,(H,21,23). The van der Waals surface area contributed by atoms with Crippen LogP contribution in [0.15, 0.2) is 30.5 Å². The molecule has 1 aromatic carbocycles. The molecule has 3 unspecified atom stereocenters. The highest BCUT2D eigenvalue weighted by atomic mass is 19.4. The zero-order chi connectivity index (χ0) is 17.9. The fourth-order valence-corrected chi connectivity index (χ4v) is 2.74. The van der Waals surface area contributed by atoms with Crippen LogP contribution in [0.1, 0.15) is 54.8 Å². The highest BCUT2D eigenvalue weighted by molar-refractivity contribution is 5.27. The van der Waals surface area contributed by atoms with Crippen molar-refractivity contribution in [2.75, 3.05) is 0 Å². The van der Waals surface area contributed by atoms with Crippen LogP contribution in [0.5, 0.6) is 0 Å². The third-order valence-electron chi connectivity index (χ3n) is 4.20. The van der Waals surface area contributed by atoms with Gasteiger partial charge in [-0.1, -0.05) is 19.1 Å². The molecular formula is C17H22F3N3O. The number of rotatable bonds is 6. The fourth-order valence-electron chi connectivity index (χ4n) is 2.74. The maximum atomic E-state index is 12.6. The van der Waals surface area contributed by atoms with Gasteiger partial charge >= 0.3 is 6.18 Å².